The summed E-state index contributed by atoms with van der Waals surface area (Å²) in [6.07, 6.45) is -2.47. The number of amides is 3. The highest BCUT2D eigenvalue weighted by molar-refractivity contribution is 6.37. The van der Waals surface area contributed by atoms with Gasteiger partial charge in [0.15, 0.2) is 0 Å². The lowest BCUT2D eigenvalue weighted by molar-refractivity contribution is -0.185. The molecule has 3 heterocycles. The first kappa shape index (κ1) is 25.3. The number of rotatable bonds is 2. The number of nitrogens with zero attached hydrogens (tertiary/aromatic N) is 2. The fourth-order valence-electron chi connectivity index (χ4n) is 5.31. The molecule has 2 aliphatic heterocycles. The Labute approximate surface area is 218 Å². The van der Waals surface area contributed by atoms with Gasteiger partial charge in [0.25, 0.3) is 0 Å². The molecule has 0 spiro atoms. The van der Waals surface area contributed by atoms with Crippen LogP contribution < -0.4 is 5.32 Å². The van der Waals surface area contributed by atoms with Crippen molar-refractivity contribution < 1.29 is 33.9 Å². The van der Waals surface area contributed by atoms with Gasteiger partial charge in [0, 0.05) is 29.8 Å². The fraction of sp³-hybridized carbons (Fsp3) is 0.333. The van der Waals surface area contributed by atoms with E-state index in [1.54, 1.807) is 51.2 Å². The van der Waals surface area contributed by atoms with Gasteiger partial charge in [-0.25, -0.2) is 4.79 Å². The number of fused-ring (bicyclic) bond motifs is 4. The molecule has 0 aliphatic carbocycles. The number of aromatic nitrogens is 1. The van der Waals surface area contributed by atoms with Gasteiger partial charge in [0.1, 0.15) is 23.3 Å². The van der Waals surface area contributed by atoms with E-state index in [0.29, 0.717) is 27.1 Å². The van der Waals surface area contributed by atoms with Crippen molar-refractivity contribution in [3.05, 3.63) is 65.9 Å². The van der Waals surface area contributed by atoms with Gasteiger partial charge in [0.2, 0.25) is 5.91 Å². The molecule has 38 heavy (non-hydrogen) atoms. The highest BCUT2D eigenvalue weighted by Gasteiger charge is 2.61. The average molecular weight is 521 g/mol. The predicted octanol–water partition coefficient (Wildman–Crippen LogP) is 3.13. The van der Waals surface area contributed by atoms with E-state index in [4.69, 9.17) is 9.47 Å². The zero-order chi connectivity index (χ0) is 27.4. The SMILES string of the molecule is CN1C(=O)C[C@@H](OC(=O)OC(C)(C)C)[C@]2(c3c[nH]c4ccccc34)c3ccccc3N[C@@H]2N(O)C(=O)C1=O. The third-order valence-corrected chi connectivity index (χ3v) is 6.94. The lowest BCUT2D eigenvalue weighted by atomic mass is 9.68. The van der Waals surface area contributed by atoms with Gasteiger partial charge in [-0.1, -0.05) is 36.4 Å². The summed E-state index contributed by atoms with van der Waals surface area (Å²) >= 11 is 0. The summed E-state index contributed by atoms with van der Waals surface area (Å²) in [4.78, 5) is 56.2. The third-order valence-electron chi connectivity index (χ3n) is 6.94. The number of hydroxylamine groups is 2. The molecule has 11 nitrogen and oxygen atoms in total. The minimum Gasteiger partial charge on any atom is -0.429 e. The van der Waals surface area contributed by atoms with E-state index < -0.39 is 53.6 Å². The van der Waals surface area contributed by atoms with E-state index in [-0.39, 0.29) is 5.06 Å². The molecule has 198 valence electrons. The van der Waals surface area contributed by atoms with Gasteiger partial charge in [-0.15, -0.1) is 0 Å². The molecule has 0 unspecified atom stereocenters. The highest BCUT2D eigenvalue weighted by atomic mass is 16.7. The van der Waals surface area contributed by atoms with Gasteiger partial charge in [-0.3, -0.25) is 24.5 Å². The number of hydrogen-bond donors (Lipinski definition) is 3. The summed E-state index contributed by atoms with van der Waals surface area (Å²) in [7, 11) is 1.14. The molecule has 3 atom stereocenters. The van der Waals surface area contributed by atoms with E-state index in [1.807, 2.05) is 24.3 Å². The Bertz CT molecular complexity index is 1460. The van der Waals surface area contributed by atoms with E-state index in [2.05, 4.69) is 10.3 Å². The number of aromatic amines is 1. The molecule has 2 aromatic carbocycles. The number of hydrogen-bond acceptors (Lipinski definition) is 8. The summed E-state index contributed by atoms with van der Waals surface area (Å²) < 4.78 is 11.4. The molecular formula is C27H28N4O7. The van der Waals surface area contributed by atoms with Crippen LogP contribution in [0.25, 0.3) is 10.9 Å². The monoisotopic (exact) mass is 520 g/mol. The maximum atomic E-state index is 13.3. The molecule has 11 heteroatoms. The minimum atomic E-state index is -1.54. The summed E-state index contributed by atoms with van der Waals surface area (Å²) in [6.45, 7) is 5.02. The predicted molar refractivity (Wildman–Crippen MR) is 135 cm³/mol. The molecule has 0 radical (unpaired) electrons. The molecule has 0 saturated carbocycles. The topological polar surface area (TPSA) is 141 Å². The summed E-state index contributed by atoms with van der Waals surface area (Å²) in [5.41, 5.74) is -0.0726. The Hall–Kier alpha value is -4.38. The third kappa shape index (κ3) is 3.86. The zero-order valence-corrected chi connectivity index (χ0v) is 21.3. The fourth-order valence-corrected chi connectivity index (χ4v) is 5.31. The number of para-hydroxylation sites is 2. The molecule has 1 saturated heterocycles. The Morgan fingerprint density at radius 2 is 1.71 bits per heavy atom. The molecule has 5 rings (SSSR count). The summed E-state index contributed by atoms with van der Waals surface area (Å²) in [5, 5.41) is 15.4. The number of anilines is 1. The molecule has 1 aromatic heterocycles. The van der Waals surface area contributed by atoms with Crippen molar-refractivity contribution in [3.63, 3.8) is 0 Å². The van der Waals surface area contributed by atoms with Crippen molar-refractivity contribution in [1.29, 1.82) is 0 Å². The molecule has 0 bridgehead atoms. The standard InChI is InChI=1S/C27H28N4O7/c1-26(2,3)38-25(35)37-20-13-21(32)30(4)22(33)23(34)31(36)24-27(20,16-10-6-8-12-19(16)29-24)17-14-28-18-11-7-5-9-15(17)18/h5-12,14,20,24,28-29,36H,13H2,1-4H3/t20-,24-,27-/m1/s1. The average Bonchev–Trinajstić information content (AvgIpc) is 3.45. The zero-order valence-electron chi connectivity index (χ0n) is 21.3. The smallest absolute Gasteiger partial charge is 0.429 e. The normalized spacial score (nSPS) is 23.8. The van der Waals surface area contributed by atoms with Crippen LogP contribution in [0.4, 0.5) is 10.5 Å². The highest BCUT2D eigenvalue weighted by Crippen LogP contribution is 2.53. The van der Waals surface area contributed by atoms with Gasteiger partial charge < -0.3 is 19.8 Å². The number of imide groups is 1. The van der Waals surface area contributed by atoms with Crippen molar-refractivity contribution in [2.45, 2.75) is 50.5 Å². The van der Waals surface area contributed by atoms with Crippen LogP contribution in [0.1, 0.15) is 38.3 Å². The molecule has 1 fully saturated rings. The van der Waals surface area contributed by atoms with Crippen molar-refractivity contribution in [2.24, 2.45) is 0 Å². The number of likely N-dealkylation sites (N-methyl/N-ethyl adjacent to an activating group) is 1. The first-order chi connectivity index (χ1) is 17.9. The Kier molecular flexibility index (Phi) is 5.90. The van der Waals surface area contributed by atoms with Crippen molar-refractivity contribution >= 4 is 40.5 Å². The second-order valence-corrected chi connectivity index (χ2v) is 10.4. The quantitative estimate of drug-likeness (QED) is 0.203. The van der Waals surface area contributed by atoms with Gasteiger partial charge >= 0.3 is 18.0 Å². The Balaban J connectivity index is 1.83. The van der Waals surface area contributed by atoms with E-state index in [9.17, 15) is 24.4 Å². The van der Waals surface area contributed by atoms with Gasteiger partial charge in [-0.05, 0) is 44.0 Å². The van der Waals surface area contributed by atoms with E-state index in [0.717, 1.165) is 12.6 Å². The maximum Gasteiger partial charge on any atom is 0.509 e. The van der Waals surface area contributed by atoms with Crippen LogP contribution >= 0.6 is 0 Å². The van der Waals surface area contributed by atoms with E-state index in [1.165, 1.54) is 0 Å². The van der Waals surface area contributed by atoms with Crippen LogP contribution in [-0.4, -0.2) is 68.9 Å². The van der Waals surface area contributed by atoms with Gasteiger partial charge in [0.05, 0.1) is 6.42 Å². The summed E-state index contributed by atoms with van der Waals surface area (Å²) in [5.74, 6) is -3.30. The lowest BCUT2D eigenvalue weighted by Crippen LogP contribution is -2.59. The molecule has 3 amide bonds. The van der Waals surface area contributed by atoms with Crippen LogP contribution in [0.15, 0.2) is 54.7 Å². The molecule has 3 N–H and O–H groups in total. The first-order valence-corrected chi connectivity index (χ1v) is 12.1. The van der Waals surface area contributed by atoms with Crippen LogP contribution in [0.2, 0.25) is 0 Å². The van der Waals surface area contributed by atoms with Crippen LogP contribution in [0.5, 0.6) is 0 Å². The first-order valence-electron chi connectivity index (χ1n) is 12.1. The molecule has 2 aliphatic rings. The Morgan fingerprint density at radius 3 is 2.45 bits per heavy atom. The number of ether oxygens (including phenoxy) is 2. The Morgan fingerprint density at radius 1 is 1.03 bits per heavy atom. The van der Waals surface area contributed by atoms with Crippen molar-refractivity contribution in [3.8, 4) is 0 Å². The number of carbonyl (C=O) groups excluding carboxylic acids is 4. The molecule has 3 aromatic rings. The van der Waals surface area contributed by atoms with Crippen LogP contribution in [0, 0.1) is 0 Å². The maximum absolute atomic E-state index is 13.3. The minimum absolute atomic E-state index is 0.282. The lowest BCUT2D eigenvalue weighted by Gasteiger charge is -2.42. The van der Waals surface area contributed by atoms with Crippen molar-refractivity contribution in [1.82, 2.24) is 14.9 Å². The second kappa shape index (κ2) is 8.88. The summed E-state index contributed by atoms with van der Waals surface area (Å²) in [6, 6.07) is 14.4. The van der Waals surface area contributed by atoms with Gasteiger partial charge in [-0.2, -0.15) is 5.06 Å². The van der Waals surface area contributed by atoms with Crippen LogP contribution in [-0.2, 0) is 29.3 Å². The van der Waals surface area contributed by atoms with Crippen molar-refractivity contribution in [2.75, 3.05) is 12.4 Å². The number of H-pyrrole nitrogens is 1. The number of benzene rings is 2. The number of nitrogens with one attached hydrogen (secondary N) is 2. The largest absolute Gasteiger partial charge is 0.509 e. The van der Waals surface area contributed by atoms with Crippen LogP contribution in [0.3, 0.4) is 0 Å². The van der Waals surface area contributed by atoms with E-state index >= 15 is 0 Å². The second-order valence-electron chi connectivity index (χ2n) is 10.4. The molecular weight excluding hydrogens is 492 g/mol. The number of carbonyl (C=O) groups is 4.